The van der Waals surface area contributed by atoms with E-state index in [4.69, 9.17) is 9.47 Å². The van der Waals surface area contributed by atoms with E-state index in [1.807, 2.05) is 12.1 Å². The molecule has 1 rings (SSSR count). The molecule has 31 heavy (non-hydrogen) atoms. The van der Waals surface area contributed by atoms with Gasteiger partial charge in [0, 0.05) is 12.8 Å². The third kappa shape index (κ3) is 12.6. The first-order chi connectivity index (χ1) is 14.8. The molecule has 0 bridgehead atoms. The molecular weight excluding hydrogens is 388 g/mol. The van der Waals surface area contributed by atoms with Crippen LogP contribution in [0.5, 0.6) is 11.5 Å². The lowest BCUT2D eigenvalue weighted by molar-refractivity contribution is -0.137. The summed E-state index contributed by atoms with van der Waals surface area (Å²) in [7, 11) is 0. The summed E-state index contributed by atoms with van der Waals surface area (Å²) in [5, 5.41) is 0. The van der Waals surface area contributed by atoms with Gasteiger partial charge in [-0.25, -0.2) is 0 Å². The number of esters is 2. The summed E-state index contributed by atoms with van der Waals surface area (Å²) in [5.41, 5.74) is 0.939. The van der Waals surface area contributed by atoms with Crippen LogP contribution < -0.4 is 9.47 Å². The highest BCUT2D eigenvalue weighted by Gasteiger charge is 2.18. The molecule has 0 aliphatic heterocycles. The van der Waals surface area contributed by atoms with Gasteiger partial charge in [0.05, 0.1) is 0 Å². The van der Waals surface area contributed by atoms with Crippen LogP contribution in [-0.2, 0) is 16.0 Å². The van der Waals surface area contributed by atoms with Gasteiger partial charge in [-0.05, 0) is 49.1 Å². The molecule has 176 valence electrons. The average Bonchev–Trinajstić information content (AvgIpc) is 2.70. The van der Waals surface area contributed by atoms with E-state index >= 15 is 0 Å². The highest BCUT2D eigenvalue weighted by molar-refractivity contribution is 5.76. The second-order valence-corrected chi connectivity index (χ2v) is 9.43. The second kappa shape index (κ2) is 15.9. The van der Waals surface area contributed by atoms with Gasteiger partial charge in [0.25, 0.3) is 0 Å². The quantitative estimate of drug-likeness (QED) is 0.153. The van der Waals surface area contributed by atoms with E-state index in [1.54, 1.807) is 6.07 Å². The van der Waals surface area contributed by atoms with Crippen LogP contribution in [0, 0.1) is 11.8 Å². The van der Waals surface area contributed by atoms with E-state index in [1.165, 1.54) is 0 Å². The van der Waals surface area contributed by atoms with Gasteiger partial charge < -0.3 is 9.47 Å². The minimum Gasteiger partial charge on any atom is -0.423 e. The van der Waals surface area contributed by atoms with Gasteiger partial charge in [-0.3, -0.25) is 9.59 Å². The van der Waals surface area contributed by atoms with E-state index < -0.39 is 0 Å². The molecule has 1 aromatic rings. The molecule has 0 amide bonds. The molecule has 0 N–H and O–H groups in total. The van der Waals surface area contributed by atoms with Crippen LogP contribution in [0.1, 0.15) is 111 Å². The summed E-state index contributed by atoms with van der Waals surface area (Å²) >= 11 is 0. The Morgan fingerprint density at radius 3 is 1.90 bits per heavy atom. The normalized spacial score (nSPS) is 11.2. The topological polar surface area (TPSA) is 52.6 Å². The molecule has 4 nitrogen and oxygen atoms in total. The van der Waals surface area contributed by atoms with Crippen molar-refractivity contribution in [2.24, 2.45) is 11.8 Å². The number of benzene rings is 1. The number of para-hydroxylation sites is 1. The standard InChI is InChI=1S/C27H44O4/c1-6-7-8-16-23-17-13-18-24(30-25(28)19-11-9-14-21(2)3)27(23)31-26(29)20-12-10-15-22(4)5/h13,17-18,21-22H,6-12,14-16,19-20H2,1-5H3. The molecule has 1 aromatic carbocycles. The predicted molar refractivity (Wildman–Crippen MR) is 128 cm³/mol. The van der Waals surface area contributed by atoms with Gasteiger partial charge in [0.1, 0.15) is 0 Å². The minimum atomic E-state index is -0.260. The maximum absolute atomic E-state index is 12.5. The number of rotatable bonds is 16. The molecule has 0 heterocycles. The smallest absolute Gasteiger partial charge is 0.311 e. The van der Waals surface area contributed by atoms with Gasteiger partial charge in [0.2, 0.25) is 0 Å². The minimum absolute atomic E-state index is 0.249. The third-order valence-electron chi connectivity index (χ3n) is 5.37. The van der Waals surface area contributed by atoms with Crippen molar-refractivity contribution in [3.63, 3.8) is 0 Å². The van der Waals surface area contributed by atoms with Crippen molar-refractivity contribution in [3.05, 3.63) is 23.8 Å². The van der Waals surface area contributed by atoms with Gasteiger partial charge >= 0.3 is 11.9 Å². The van der Waals surface area contributed by atoms with E-state index in [-0.39, 0.29) is 11.9 Å². The zero-order chi connectivity index (χ0) is 23.1. The molecular formula is C27H44O4. The molecule has 0 spiro atoms. The maximum atomic E-state index is 12.5. The zero-order valence-corrected chi connectivity index (χ0v) is 20.5. The van der Waals surface area contributed by atoms with Crippen molar-refractivity contribution in [2.75, 3.05) is 0 Å². The van der Waals surface area contributed by atoms with Crippen LogP contribution in [0.2, 0.25) is 0 Å². The SMILES string of the molecule is CCCCCc1cccc(OC(=O)CCCCC(C)C)c1OC(=O)CCCCC(C)C. The van der Waals surface area contributed by atoms with Crippen molar-refractivity contribution < 1.29 is 19.1 Å². The van der Waals surface area contributed by atoms with Crippen LogP contribution in [0.25, 0.3) is 0 Å². The lowest BCUT2D eigenvalue weighted by Gasteiger charge is -2.15. The number of unbranched alkanes of at least 4 members (excludes halogenated alkanes) is 4. The van der Waals surface area contributed by atoms with Crippen molar-refractivity contribution in [2.45, 2.75) is 112 Å². The Bertz CT molecular complexity index is 649. The van der Waals surface area contributed by atoms with Gasteiger partial charge in [0.15, 0.2) is 11.5 Å². The zero-order valence-electron chi connectivity index (χ0n) is 20.5. The monoisotopic (exact) mass is 432 g/mol. The first-order valence-corrected chi connectivity index (χ1v) is 12.4. The Hall–Kier alpha value is -1.84. The van der Waals surface area contributed by atoms with Crippen molar-refractivity contribution in [3.8, 4) is 11.5 Å². The Morgan fingerprint density at radius 1 is 0.774 bits per heavy atom. The van der Waals surface area contributed by atoms with Crippen LogP contribution in [0.15, 0.2) is 18.2 Å². The molecule has 4 heteroatoms. The summed E-state index contributed by atoms with van der Waals surface area (Å²) in [6.45, 7) is 10.9. The summed E-state index contributed by atoms with van der Waals surface area (Å²) in [6, 6.07) is 5.58. The molecule has 0 saturated heterocycles. The molecule has 0 atom stereocenters. The first-order valence-electron chi connectivity index (χ1n) is 12.4. The molecule has 0 aliphatic rings. The number of ether oxygens (including phenoxy) is 2. The number of aryl methyl sites for hydroxylation is 1. The summed E-state index contributed by atoms with van der Waals surface area (Å²) in [6.07, 6.45) is 10.7. The van der Waals surface area contributed by atoms with Crippen molar-refractivity contribution in [1.29, 1.82) is 0 Å². The number of hydrogen-bond donors (Lipinski definition) is 0. The largest absolute Gasteiger partial charge is 0.423 e. The summed E-state index contributed by atoms with van der Waals surface area (Å²) < 4.78 is 11.4. The van der Waals surface area contributed by atoms with Crippen LogP contribution in [0.4, 0.5) is 0 Å². The highest BCUT2D eigenvalue weighted by atomic mass is 16.6. The van der Waals surface area contributed by atoms with Gasteiger partial charge in [-0.2, -0.15) is 0 Å². The number of carbonyl (C=O) groups excluding carboxylic acids is 2. The fourth-order valence-electron chi connectivity index (χ4n) is 3.50. The van der Waals surface area contributed by atoms with Crippen LogP contribution in [-0.4, -0.2) is 11.9 Å². The first kappa shape index (κ1) is 27.2. The van der Waals surface area contributed by atoms with Crippen LogP contribution >= 0.6 is 0 Å². The molecule has 0 aliphatic carbocycles. The number of hydrogen-bond acceptors (Lipinski definition) is 4. The van der Waals surface area contributed by atoms with Gasteiger partial charge in [-0.1, -0.05) is 85.3 Å². The second-order valence-electron chi connectivity index (χ2n) is 9.43. The molecule has 0 fully saturated rings. The van der Waals surface area contributed by atoms with Crippen molar-refractivity contribution in [1.82, 2.24) is 0 Å². The maximum Gasteiger partial charge on any atom is 0.311 e. The van der Waals surface area contributed by atoms with E-state index in [9.17, 15) is 9.59 Å². The summed E-state index contributed by atoms with van der Waals surface area (Å²) in [4.78, 5) is 24.9. The van der Waals surface area contributed by atoms with Crippen LogP contribution in [0.3, 0.4) is 0 Å². The Balaban J connectivity index is 2.77. The molecule has 0 aromatic heterocycles. The fraction of sp³-hybridized carbons (Fsp3) is 0.704. The van der Waals surface area contributed by atoms with Gasteiger partial charge in [-0.15, -0.1) is 0 Å². The Morgan fingerprint density at radius 2 is 1.35 bits per heavy atom. The number of carbonyl (C=O) groups is 2. The predicted octanol–water partition coefficient (Wildman–Crippen LogP) is 7.66. The lowest BCUT2D eigenvalue weighted by Crippen LogP contribution is -2.13. The Labute approximate surface area is 190 Å². The van der Waals surface area contributed by atoms with E-state index in [2.05, 4.69) is 34.6 Å². The Kier molecular flexibility index (Phi) is 13.9. The van der Waals surface area contributed by atoms with E-state index in [0.29, 0.717) is 36.2 Å². The molecule has 0 unspecified atom stereocenters. The molecule has 0 saturated carbocycles. The fourth-order valence-corrected chi connectivity index (χ4v) is 3.50. The average molecular weight is 433 g/mol. The summed E-state index contributed by atoms with van der Waals surface area (Å²) in [5.74, 6) is 1.58. The van der Waals surface area contributed by atoms with E-state index in [0.717, 1.165) is 69.8 Å². The van der Waals surface area contributed by atoms with Crippen molar-refractivity contribution >= 4 is 11.9 Å². The highest BCUT2D eigenvalue weighted by Crippen LogP contribution is 2.33. The third-order valence-corrected chi connectivity index (χ3v) is 5.37. The molecule has 0 radical (unpaired) electrons. The lowest BCUT2D eigenvalue weighted by atomic mass is 10.0.